The molecule has 0 radical (unpaired) electrons. The molecule has 0 heterocycles. The number of nitrogens with two attached hydrogens (primary N) is 1. The highest BCUT2D eigenvalue weighted by molar-refractivity contribution is 7.91. The summed E-state index contributed by atoms with van der Waals surface area (Å²) in [6.45, 7) is 0.578. The maximum absolute atomic E-state index is 12.1. The van der Waals surface area contributed by atoms with Gasteiger partial charge in [0, 0.05) is 18.2 Å². The minimum atomic E-state index is -3.97. The van der Waals surface area contributed by atoms with Gasteiger partial charge in [0.1, 0.15) is 0 Å². The number of hydrogen-bond donors (Lipinski definition) is 2. The molecule has 1 aliphatic rings. The van der Waals surface area contributed by atoms with E-state index in [4.69, 9.17) is 5.14 Å². The van der Waals surface area contributed by atoms with Crippen molar-refractivity contribution in [3.8, 4) is 0 Å². The number of anilines is 1. The Morgan fingerprint density at radius 2 is 1.69 bits per heavy atom. The summed E-state index contributed by atoms with van der Waals surface area (Å²) >= 11 is 0. The lowest BCUT2D eigenvalue weighted by molar-refractivity contribution is 0.260. The Hall–Kier alpha value is -1.90. The number of sulfonamides is 1. The molecule has 0 unspecified atom stereocenters. The van der Waals surface area contributed by atoms with Gasteiger partial charge >= 0.3 is 0 Å². The highest BCUT2D eigenvalue weighted by atomic mass is 32.2. The second kappa shape index (κ2) is 6.68. The van der Waals surface area contributed by atoms with Gasteiger partial charge in [0.2, 0.25) is 10.0 Å². The van der Waals surface area contributed by atoms with E-state index in [9.17, 15) is 16.8 Å². The zero-order valence-electron chi connectivity index (χ0n) is 14.5. The van der Waals surface area contributed by atoms with E-state index in [1.54, 1.807) is 0 Å². The molecule has 0 bridgehead atoms. The summed E-state index contributed by atoms with van der Waals surface area (Å²) in [5.74, 6) is 0. The van der Waals surface area contributed by atoms with Crippen LogP contribution in [0, 0.1) is 0 Å². The van der Waals surface area contributed by atoms with E-state index in [-0.39, 0.29) is 15.2 Å². The van der Waals surface area contributed by atoms with Gasteiger partial charge in [-0.2, -0.15) is 0 Å². The van der Waals surface area contributed by atoms with E-state index in [1.165, 1.54) is 17.7 Å². The molecule has 0 saturated heterocycles. The monoisotopic (exact) mass is 394 g/mol. The molecule has 3 N–H and O–H groups in total. The number of hydrogen-bond acceptors (Lipinski definition) is 5. The second-order valence-electron chi connectivity index (χ2n) is 6.83. The van der Waals surface area contributed by atoms with Crippen LogP contribution in [-0.4, -0.2) is 29.6 Å². The van der Waals surface area contributed by atoms with E-state index < -0.39 is 19.9 Å². The third kappa shape index (κ3) is 3.77. The lowest BCUT2D eigenvalue weighted by Crippen LogP contribution is -2.41. The third-order valence-corrected chi connectivity index (χ3v) is 7.04. The SMILES string of the molecule is CS(=O)(=O)c1cc(S(N)(=O)=O)ccc1NCC1(c2ccccc2)CCC1. The summed E-state index contributed by atoms with van der Waals surface area (Å²) in [7, 11) is -7.59. The molecule has 0 aromatic heterocycles. The Balaban J connectivity index is 1.93. The van der Waals surface area contributed by atoms with Crippen molar-refractivity contribution in [3.05, 3.63) is 54.1 Å². The summed E-state index contributed by atoms with van der Waals surface area (Å²) in [6, 6.07) is 14.0. The molecule has 0 spiro atoms. The lowest BCUT2D eigenvalue weighted by atomic mass is 9.64. The van der Waals surface area contributed by atoms with Crippen molar-refractivity contribution < 1.29 is 16.8 Å². The number of sulfone groups is 1. The molecule has 1 aliphatic carbocycles. The molecule has 1 fully saturated rings. The van der Waals surface area contributed by atoms with Crippen LogP contribution in [0.5, 0.6) is 0 Å². The fraction of sp³-hybridized carbons (Fsp3) is 0.333. The molecule has 0 amide bonds. The number of benzene rings is 2. The highest BCUT2D eigenvalue weighted by Gasteiger charge is 2.38. The van der Waals surface area contributed by atoms with Gasteiger partial charge in [-0.05, 0) is 36.6 Å². The molecule has 140 valence electrons. The molecule has 6 nitrogen and oxygen atoms in total. The summed E-state index contributed by atoms with van der Waals surface area (Å²) in [5.41, 5.74) is 1.58. The number of primary sulfonamides is 1. The molecule has 3 rings (SSSR count). The Bertz CT molecular complexity index is 1010. The first kappa shape index (κ1) is 18.9. The van der Waals surface area contributed by atoms with E-state index in [1.807, 2.05) is 18.2 Å². The zero-order chi connectivity index (χ0) is 19.0. The van der Waals surface area contributed by atoms with E-state index >= 15 is 0 Å². The average Bonchev–Trinajstić information content (AvgIpc) is 2.53. The van der Waals surface area contributed by atoms with E-state index in [2.05, 4.69) is 17.4 Å². The van der Waals surface area contributed by atoms with Gasteiger partial charge in [0.15, 0.2) is 9.84 Å². The first-order valence-electron chi connectivity index (χ1n) is 8.28. The molecule has 2 aromatic rings. The van der Waals surface area contributed by atoms with Gasteiger partial charge in [-0.3, -0.25) is 0 Å². The van der Waals surface area contributed by atoms with Gasteiger partial charge in [-0.15, -0.1) is 0 Å². The standard InChI is InChI=1S/C18H22N2O4S2/c1-25(21,22)17-12-15(26(19,23)24)8-9-16(17)20-13-18(10-5-11-18)14-6-3-2-4-7-14/h2-4,6-9,12,20H,5,10-11,13H2,1H3,(H2,19,23,24). The van der Waals surface area contributed by atoms with Crippen molar-refractivity contribution in [2.24, 2.45) is 5.14 Å². The Kier molecular flexibility index (Phi) is 4.85. The third-order valence-electron chi connectivity index (χ3n) is 5.00. The molecular formula is C18H22N2O4S2. The van der Waals surface area contributed by atoms with Crippen LogP contribution in [0.3, 0.4) is 0 Å². The van der Waals surface area contributed by atoms with Crippen molar-refractivity contribution in [1.82, 2.24) is 0 Å². The van der Waals surface area contributed by atoms with Crippen LogP contribution in [0.1, 0.15) is 24.8 Å². The van der Waals surface area contributed by atoms with Crippen LogP contribution in [0.15, 0.2) is 58.3 Å². The molecule has 2 aromatic carbocycles. The number of nitrogens with one attached hydrogen (secondary N) is 1. The maximum Gasteiger partial charge on any atom is 0.238 e. The van der Waals surface area contributed by atoms with Crippen LogP contribution >= 0.6 is 0 Å². The number of rotatable bonds is 6. The maximum atomic E-state index is 12.1. The minimum Gasteiger partial charge on any atom is -0.383 e. The van der Waals surface area contributed by atoms with Crippen molar-refractivity contribution in [2.75, 3.05) is 18.1 Å². The fourth-order valence-corrected chi connectivity index (χ4v) is 4.85. The van der Waals surface area contributed by atoms with Crippen LogP contribution < -0.4 is 10.5 Å². The second-order valence-corrected chi connectivity index (χ2v) is 10.4. The summed E-state index contributed by atoms with van der Waals surface area (Å²) in [4.78, 5) is -0.281. The highest BCUT2D eigenvalue weighted by Crippen LogP contribution is 2.44. The lowest BCUT2D eigenvalue weighted by Gasteiger charge is -2.43. The topological polar surface area (TPSA) is 106 Å². The average molecular weight is 395 g/mol. The molecular weight excluding hydrogens is 372 g/mol. The molecule has 0 aliphatic heterocycles. The van der Waals surface area contributed by atoms with Crippen molar-refractivity contribution in [2.45, 2.75) is 34.5 Å². The summed E-state index contributed by atoms with van der Waals surface area (Å²) in [5, 5.41) is 8.35. The van der Waals surface area contributed by atoms with Crippen LogP contribution in [0.25, 0.3) is 0 Å². The molecule has 1 saturated carbocycles. The first-order chi connectivity index (χ1) is 12.1. The van der Waals surface area contributed by atoms with Crippen LogP contribution in [-0.2, 0) is 25.3 Å². The summed E-state index contributed by atoms with van der Waals surface area (Å²) in [6.07, 6.45) is 4.22. The van der Waals surface area contributed by atoms with Gasteiger partial charge < -0.3 is 5.32 Å². The van der Waals surface area contributed by atoms with Crippen molar-refractivity contribution >= 4 is 25.5 Å². The van der Waals surface area contributed by atoms with Crippen molar-refractivity contribution in [3.63, 3.8) is 0 Å². The smallest absolute Gasteiger partial charge is 0.238 e. The van der Waals surface area contributed by atoms with Gasteiger partial charge in [-0.1, -0.05) is 36.8 Å². The molecule has 0 atom stereocenters. The van der Waals surface area contributed by atoms with Gasteiger partial charge in [0.05, 0.1) is 15.5 Å². The van der Waals surface area contributed by atoms with E-state index in [0.717, 1.165) is 31.6 Å². The normalized spacial score (nSPS) is 16.7. The molecule has 8 heteroatoms. The van der Waals surface area contributed by atoms with Crippen molar-refractivity contribution in [1.29, 1.82) is 0 Å². The predicted molar refractivity (Wildman–Crippen MR) is 101 cm³/mol. The molecule has 26 heavy (non-hydrogen) atoms. The fourth-order valence-electron chi connectivity index (χ4n) is 3.36. The quantitative estimate of drug-likeness (QED) is 0.782. The Morgan fingerprint density at radius 3 is 2.19 bits per heavy atom. The minimum absolute atomic E-state index is 0.0331. The van der Waals surface area contributed by atoms with Gasteiger partial charge in [-0.25, -0.2) is 22.0 Å². The zero-order valence-corrected chi connectivity index (χ0v) is 16.1. The van der Waals surface area contributed by atoms with Crippen LogP contribution in [0.2, 0.25) is 0 Å². The Labute approximate surface area is 154 Å². The predicted octanol–water partition coefficient (Wildman–Crippen LogP) is 2.27. The van der Waals surface area contributed by atoms with E-state index in [0.29, 0.717) is 12.2 Å². The van der Waals surface area contributed by atoms with Gasteiger partial charge in [0.25, 0.3) is 0 Å². The first-order valence-corrected chi connectivity index (χ1v) is 11.7. The Morgan fingerprint density at radius 1 is 1.04 bits per heavy atom. The summed E-state index contributed by atoms with van der Waals surface area (Å²) < 4.78 is 47.4. The van der Waals surface area contributed by atoms with Crippen LogP contribution in [0.4, 0.5) is 5.69 Å². The largest absolute Gasteiger partial charge is 0.383 e.